The summed E-state index contributed by atoms with van der Waals surface area (Å²) in [6, 6.07) is 8.19. The molecule has 150 valence electrons. The van der Waals surface area contributed by atoms with Crippen molar-refractivity contribution in [1.29, 1.82) is 0 Å². The van der Waals surface area contributed by atoms with E-state index in [2.05, 4.69) is 15.5 Å². The van der Waals surface area contributed by atoms with Crippen LogP contribution >= 0.6 is 0 Å². The molecule has 3 aromatic rings. The number of carbonyl (C=O) groups excluding carboxylic acids is 1. The second kappa shape index (κ2) is 7.94. The molecule has 1 atom stereocenters. The summed E-state index contributed by atoms with van der Waals surface area (Å²) in [7, 11) is 0. The number of hydrogen-bond acceptors (Lipinski definition) is 4. The minimum Gasteiger partial charge on any atom is -0.337 e. The standard InChI is InChI=1S/C20H17F3N4O2/c21-13-5-3-12(4-6-13)11-24-20(28)27-9-1-2-17(27)19-25-18(26-29-19)15-8-7-14(22)10-16(15)23/h3-8,10,17H,1-2,9,11H2,(H,24,28). The number of halogens is 3. The quantitative estimate of drug-likeness (QED) is 0.710. The largest absolute Gasteiger partial charge is 0.337 e. The van der Waals surface area contributed by atoms with Crippen LogP contribution in [0.5, 0.6) is 0 Å². The Bertz CT molecular complexity index is 1020. The van der Waals surface area contributed by atoms with Gasteiger partial charge in [0.25, 0.3) is 0 Å². The molecule has 1 aliphatic heterocycles. The molecule has 1 aliphatic rings. The zero-order valence-corrected chi connectivity index (χ0v) is 15.2. The Morgan fingerprint density at radius 2 is 1.90 bits per heavy atom. The highest BCUT2D eigenvalue weighted by atomic mass is 19.1. The van der Waals surface area contributed by atoms with Gasteiger partial charge < -0.3 is 14.7 Å². The molecule has 0 saturated carbocycles. The molecule has 9 heteroatoms. The maximum absolute atomic E-state index is 14.0. The summed E-state index contributed by atoms with van der Waals surface area (Å²) >= 11 is 0. The first-order chi connectivity index (χ1) is 14.0. The Balaban J connectivity index is 1.46. The van der Waals surface area contributed by atoms with Crippen molar-refractivity contribution in [2.45, 2.75) is 25.4 Å². The van der Waals surface area contributed by atoms with Gasteiger partial charge in [0.05, 0.1) is 5.56 Å². The molecule has 1 N–H and O–H groups in total. The van der Waals surface area contributed by atoms with E-state index in [1.54, 1.807) is 17.0 Å². The molecular weight excluding hydrogens is 385 g/mol. The Labute approximate surface area is 164 Å². The molecule has 29 heavy (non-hydrogen) atoms. The van der Waals surface area contributed by atoms with Crippen molar-refractivity contribution in [1.82, 2.24) is 20.4 Å². The van der Waals surface area contributed by atoms with Crippen molar-refractivity contribution >= 4 is 6.03 Å². The van der Waals surface area contributed by atoms with Gasteiger partial charge in [-0.25, -0.2) is 18.0 Å². The van der Waals surface area contributed by atoms with Gasteiger partial charge in [-0.2, -0.15) is 4.98 Å². The highest BCUT2D eigenvalue weighted by Gasteiger charge is 2.34. The number of nitrogens with zero attached hydrogens (tertiary/aromatic N) is 3. The summed E-state index contributed by atoms with van der Waals surface area (Å²) in [6.45, 7) is 0.751. The molecule has 4 rings (SSSR count). The monoisotopic (exact) mass is 402 g/mol. The first-order valence-corrected chi connectivity index (χ1v) is 9.09. The Morgan fingerprint density at radius 1 is 1.14 bits per heavy atom. The number of rotatable bonds is 4. The molecule has 0 aliphatic carbocycles. The molecule has 0 radical (unpaired) electrons. The summed E-state index contributed by atoms with van der Waals surface area (Å²) in [5, 5.41) is 6.56. The lowest BCUT2D eigenvalue weighted by atomic mass is 10.2. The zero-order chi connectivity index (χ0) is 20.4. The second-order valence-electron chi connectivity index (χ2n) is 6.72. The van der Waals surface area contributed by atoms with Gasteiger partial charge in [0.1, 0.15) is 23.5 Å². The van der Waals surface area contributed by atoms with E-state index in [4.69, 9.17) is 4.52 Å². The van der Waals surface area contributed by atoms with Crippen LogP contribution in [0.3, 0.4) is 0 Å². The van der Waals surface area contributed by atoms with Crippen molar-refractivity contribution in [3.63, 3.8) is 0 Å². The minimum absolute atomic E-state index is 0.00364. The second-order valence-corrected chi connectivity index (χ2v) is 6.72. The fraction of sp³-hybridized carbons (Fsp3) is 0.250. The van der Waals surface area contributed by atoms with E-state index in [0.717, 1.165) is 24.1 Å². The number of aromatic nitrogens is 2. The highest BCUT2D eigenvalue weighted by molar-refractivity contribution is 5.75. The van der Waals surface area contributed by atoms with E-state index >= 15 is 0 Å². The average molecular weight is 402 g/mol. The topological polar surface area (TPSA) is 71.3 Å². The smallest absolute Gasteiger partial charge is 0.318 e. The van der Waals surface area contributed by atoms with Crippen molar-refractivity contribution in [3.8, 4) is 11.4 Å². The van der Waals surface area contributed by atoms with Crippen LogP contribution in [0.1, 0.15) is 30.3 Å². The summed E-state index contributed by atoms with van der Waals surface area (Å²) in [5.41, 5.74) is 0.786. The normalized spacial score (nSPS) is 16.2. The lowest BCUT2D eigenvalue weighted by Gasteiger charge is -2.22. The lowest BCUT2D eigenvalue weighted by Crippen LogP contribution is -2.39. The van der Waals surface area contributed by atoms with Crippen molar-refractivity contribution in [2.24, 2.45) is 0 Å². The fourth-order valence-electron chi connectivity index (χ4n) is 3.30. The van der Waals surface area contributed by atoms with Gasteiger partial charge in [0.15, 0.2) is 0 Å². The molecule has 0 bridgehead atoms. The molecule has 1 fully saturated rings. The van der Waals surface area contributed by atoms with E-state index in [0.29, 0.717) is 13.0 Å². The van der Waals surface area contributed by atoms with E-state index in [9.17, 15) is 18.0 Å². The van der Waals surface area contributed by atoms with Crippen LogP contribution in [-0.4, -0.2) is 27.6 Å². The lowest BCUT2D eigenvalue weighted by molar-refractivity contribution is 0.180. The highest BCUT2D eigenvalue weighted by Crippen LogP contribution is 2.32. The number of urea groups is 1. The maximum atomic E-state index is 14.0. The van der Waals surface area contributed by atoms with E-state index in [1.807, 2.05) is 0 Å². The van der Waals surface area contributed by atoms with Gasteiger partial charge in [-0.15, -0.1) is 0 Å². The van der Waals surface area contributed by atoms with Gasteiger partial charge >= 0.3 is 6.03 Å². The van der Waals surface area contributed by atoms with Crippen LogP contribution < -0.4 is 5.32 Å². The van der Waals surface area contributed by atoms with Crippen molar-refractivity contribution in [2.75, 3.05) is 6.54 Å². The van der Waals surface area contributed by atoms with Crippen LogP contribution in [0.2, 0.25) is 0 Å². The maximum Gasteiger partial charge on any atom is 0.318 e. The molecule has 0 spiro atoms. The fourth-order valence-corrected chi connectivity index (χ4v) is 3.30. The SMILES string of the molecule is O=C(NCc1ccc(F)cc1)N1CCCC1c1nc(-c2ccc(F)cc2F)no1. The van der Waals surface area contributed by atoms with Gasteiger partial charge in [-0.3, -0.25) is 0 Å². The number of nitrogens with one attached hydrogen (secondary N) is 1. The van der Waals surface area contributed by atoms with Crippen LogP contribution in [0.25, 0.3) is 11.4 Å². The third-order valence-electron chi connectivity index (χ3n) is 4.77. The Kier molecular flexibility index (Phi) is 5.20. The van der Waals surface area contributed by atoms with Gasteiger partial charge in [-0.1, -0.05) is 17.3 Å². The third kappa shape index (κ3) is 4.08. The predicted octanol–water partition coefficient (Wildman–Crippen LogP) is 4.20. The summed E-state index contributed by atoms with van der Waals surface area (Å²) in [6.07, 6.45) is 1.37. The number of hydrogen-bond donors (Lipinski definition) is 1. The van der Waals surface area contributed by atoms with Crippen LogP contribution in [0.15, 0.2) is 47.0 Å². The number of benzene rings is 2. The van der Waals surface area contributed by atoms with Crippen molar-refractivity contribution < 1.29 is 22.5 Å². The van der Waals surface area contributed by atoms with Gasteiger partial charge in [-0.05, 0) is 42.7 Å². The van der Waals surface area contributed by atoms with Gasteiger partial charge in [0, 0.05) is 19.2 Å². The van der Waals surface area contributed by atoms with E-state index in [1.165, 1.54) is 18.2 Å². The number of likely N-dealkylation sites (tertiary alicyclic amines) is 1. The summed E-state index contributed by atoms with van der Waals surface area (Å²) in [5.74, 6) is -1.65. The molecule has 1 unspecified atom stereocenters. The summed E-state index contributed by atoms with van der Waals surface area (Å²) in [4.78, 5) is 18.4. The Morgan fingerprint density at radius 3 is 2.66 bits per heavy atom. The van der Waals surface area contributed by atoms with Crippen LogP contribution in [0.4, 0.5) is 18.0 Å². The van der Waals surface area contributed by atoms with Crippen LogP contribution in [-0.2, 0) is 6.54 Å². The van der Waals surface area contributed by atoms with E-state index in [-0.39, 0.29) is 35.7 Å². The first kappa shape index (κ1) is 19.0. The molecule has 1 saturated heterocycles. The average Bonchev–Trinajstić information content (AvgIpc) is 3.36. The molecule has 1 aromatic heterocycles. The van der Waals surface area contributed by atoms with Gasteiger partial charge in [0.2, 0.25) is 11.7 Å². The van der Waals surface area contributed by atoms with E-state index < -0.39 is 17.7 Å². The molecule has 2 heterocycles. The first-order valence-electron chi connectivity index (χ1n) is 9.09. The number of carbonyl (C=O) groups is 1. The zero-order valence-electron chi connectivity index (χ0n) is 15.2. The molecule has 6 nitrogen and oxygen atoms in total. The Hall–Kier alpha value is -3.36. The van der Waals surface area contributed by atoms with Crippen LogP contribution in [0, 0.1) is 17.5 Å². The third-order valence-corrected chi connectivity index (χ3v) is 4.77. The number of amides is 2. The van der Waals surface area contributed by atoms with Crippen molar-refractivity contribution in [3.05, 3.63) is 71.4 Å². The predicted molar refractivity (Wildman–Crippen MR) is 97.0 cm³/mol. The molecule has 2 aromatic carbocycles. The molecular formula is C20H17F3N4O2. The minimum atomic E-state index is -0.794. The molecule has 2 amide bonds. The summed E-state index contributed by atoms with van der Waals surface area (Å²) < 4.78 is 45.3.